The van der Waals surface area contributed by atoms with E-state index in [2.05, 4.69) is 0 Å². The van der Waals surface area contributed by atoms with Crippen molar-refractivity contribution in [3.05, 3.63) is 22.6 Å². The molecule has 1 saturated heterocycles. The van der Waals surface area contributed by atoms with Crippen molar-refractivity contribution in [1.82, 2.24) is 9.13 Å². The lowest BCUT2D eigenvalue weighted by Gasteiger charge is -2.40. The molecule has 102 valence electrons. The number of alkyl halides is 2. The smallest absolute Gasteiger partial charge is 0.328 e. The maximum Gasteiger partial charge on any atom is 0.328 e. The van der Waals surface area contributed by atoms with Crippen molar-refractivity contribution in [1.29, 1.82) is 0 Å². The number of hydrogen-bond acceptors (Lipinski definition) is 3. The Labute approximate surface area is 107 Å². The lowest BCUT2D eigenvalue weighted by atomic mass is 10.1. The normalized spacial score (nSPS) is 17.8. The van der Waals surface area contributed by atoms with Gasteiger partial charge in [0.15, 0.2) is 0 Å². The van der Waals surface area contributed by atoms with E-state index in [0.717, 1.165) is 0 Å². The van der Waals surface area contributed by atoms with E-state index < -0.39 is 5.92 Å². The fourth-order valence-corrected chi connectivity index (χ4v) is 2.57. The van der Waals surface area contributed by atoms with Crippen LogP contribution in [-0.2, 0) is 14.1 Å². The lowest BCUT2D eigenvalue weighted by molar-refractivity contribution is -0.0261. The van der Waals surface area contributed by atoms with Gasteiger partial charge in [-0.3, -0.25) is 9.13 Å². The van der Waals surface area contributed by atoms with Gasteiger partial charge in [-0.05, 0) is 12.1 Å². The van der Waals surface area contributed by atoms with Crippen LogP contribution in [0.4, 0.5) is 20.2 Å². The third-order valence-electron chi connectivity index (χ3n) is 3.55. The van der Waals surface area contributed by atoms with E-state index in [1.165, 1.54) is 14.0 Å². The maximum atomic E-state index is 13.0. The molecule has 1 aliphatic rings. The summed E-state index contributed by atoms with van der Waals surface area (Å²) in [6.45, 7) is -0.677. The highest BCUT2D eigenvalue weighted by atomic mass is 19.3. The van der Waals surface area contributed by atoms with Gasteiger partial charge in [-0.2, -0.15) is 0 Å². The van der Waals surface area contributed by atoms with Crippen LogP contribution in [-0.4, -0.2) is 28.1 Å². The number of imidazole rings is 1. The van der Waals surface area contributed by atoms with Gasteiger partial charge in [0, 0.05) is 19.8 Å². The first-order valence-corrected chi connectivity index (χ1v) is 5.88. The number of aryl methyl sites for hydroxylation is 2. The molecule has 0 bridgehead atoms. The third kappa shape index (κ3) is 1.61. The summed E-state index contributed by atoms with van der Waals surface area (Å²) in [7, 11) is 3.26. The fourth-order valence-electron chi connectivity index (χ4n) is 2.57. The minimum atomic E-state index is -2.66. The molecule has 1 aromatic heterocycles. The minimum Gasteiger partial charge on any atom is -0.399 e. The molecule has 0 atom stereocenters. The van der Waals surface area contributed by atoms with Crippen LogP contribution in [0.2, 0.25) is 0 Å². The largest absolute Gasteiger partial charge is 0.399 e. The first-order chi connectivity index (χ1) is 8.80. The average Bonchev–Trinajstić information content (AvgIpc) is 2.51. The zero-order valence-corrected chi connectivity index (χ0v) is 10.7. The Bertz CT molecular complexity index is 723. The van der Waals surface area contributed by atoms with E-state index in [1.807, 2.05) is 0 Å². The molecule has 0 saturated carbocycles. The van der Waals surface area contributed by atoms with Crippen molar-refractivity contribution in [3.8, 4) is 0 Å². The van der Waals surface area contributed by atoms with E-state index in [-0.39, 0.29) is 18.8 Å². The molecular weight excluding hydrogens is 254 g/mol. The molecule has 0 unspecified atom stereocenters. The molecule has 3 rings (SSSR count). The fraction of sp³-hybridized carbons (Fsp3) is 0.417. The molecule has 0 spiro atoms. The van der Waals surface area contributed by atoms with E-state index in [9.17, 15) is 13.6 Å². The van der Waals surface area contributed by atoms with Crippen molar-refractivity contribution in [2.24, 2.45) is 14.1 Å². The van der Waals surface area contributed by atoms with E-state index in [0.29, 0.717) is 22.4 Å². The maximum absolute atomic E-state index is 13.0. The first-order valence-electron chi connectivity index (χ1n) is 5.88. The van der Waals surface area contributed by atoms with Crippen molar-refractivity contribution in [2.45, 2.75) is 5.92 Å². The first kappa shape index (κ1) is 12.0. The topological polar surface area (TPSA) is 56.2 Å². The standard InChI is InChI=1S/C12H14F2N4O/c1-16-8-3-7(15)4-9(10(8)17(2)11(16)19)18-5-12(13,14)6-18/h3-4H,5-6,15H2,1-2H3. The molecular formula is C12H14F2N4O. The van der Waals surface area contributed by atoms with Crippen LogP contribution in [0.1, 0.15) is 0 Å². The number of rotatable bonds is 1. The summed E-state index contributed by atoms with van der Waals surface area (Å²) in [6.07, 6.45) is 0. The summed E-state index contributed by atoms with van der Waals surface area (Å²) in [5.41, 5.74) is 7.93. The molecule has 0 radical (unpaired) electrons. The zero-order chi connectivity index (χ0) is 13.9. The third-order valence-corrected chi connectivity index (χ3v) is 3.55. The highest BCUT2D eigenvalue weighted by molar-refractivity contribution is 5.93. The number of aromatic nitrogens is 2. The van der Waals surface area contributed by atoms with Crippen LogP contribution < -0.4 is 16.3 Å². The molecule has 5 nitrogen and oxygen atoms in total. The van der Waals surface area contributed by atoms with Gasteiger partial charge >= 0.3 is 5.69 Å². The molecule has 1 aromatic carbocycles. The van der Waals surface area contributed by atoms with Crippen LogP contribution >= 0.6 is 0 Å². The average molecular weight is 268 g/mol. The Morgan fingerprint density at radius 3 is 2.42 bits per heavy atom. The van der Waals surface area contributed by atoms with Gasteiger partial charge in [-0.1, -0.05) is 0 Å². The molecule has 0 aliphatic carbocycles. The van der Waals surface area contributed by atoms with Gasteiger partial charge in [0.25, 0.3) is 5.92 Å². The molecule has 1 aliphatic heterocycles. The minimum absolute atomic E-state index is 0.200. The monoisotopic (exact) mass is 268 g/mol. The van der Waals surface area contributed by atoms with Crippen LogP contribution in [0.25, 0.3) is 11.0 Å². The molecule has 0 amide bonds. The SMILES string of the molecule is Cn1c(=O)n(C)c2c(N3CC(F)(F)C3)cc(N)cc21. The number of anilines is 2. The summed E-state index contributed by atoms with van der Waals surface area (Å²) in [5, 5.41) is 0. The highest BCUT2D eigenvalue weighted by Crippen LogP contribution is 2.36. The zero-order valence-electron chi connectivity index (χ0n) is 10.7. The molecule has 19 heavy (non-hydrogen) atoms. The molecule has 2 heterocycles. The van der Waals surface area contributed by atoms with Gasteiger partial charge in [-0.25, -0.2) is 13.6 Å². The Morgan fingerprint density at radius 1 is 1.21 bits per heavy atom. The quantitative estimate of drug-likeness (QED) is 0.782. The van der Waals surface area contributed by atoms with Gasteiger partial charge < -0.3 is 10.6 Å². The summed E-state index contributed by atoms with van der Waals surface area (Å²) < 4.78 is 29.0. The van der Waals surface area contributed by atoms with Crippen LogP contribution in [0, 0.1) is 0 Å². The van der Waals surface area contributed by atoms with Gasteiger partial charge in [0.2, 0.25) is 0 Å². The molecule has 7 heteroatoms. The molecule has 2 N–H and O–H groups in total. The Morgan fingerprint density at radius 2 is 1.84 bits per heavy atom. The van der Waals surface area contributed by atoms with Crippen LogP contribution in [0.15, 0.2) is 16.9 Å². The van der Waals surface area contributed by atoms with E-state index >= 15 is 0 Å². The van der Waals surface area contributed by atoms with Crippen LogP contribution in [0.3, 0.4) is 0 Å². The number of benzene rings is 1. The second kappa shape index (κ2) is 3.49. The Balaban J connectivity index is 2.25. The van der Waals surface area contributed by atoms with Crippen molar-refractivity contribution < 1.29 is 8.78 Å². The van der Waals surface area contributed by atoms with Crippen molar-refractivity contribution in [3.63, 3.8) is 0 Å². The Hall–Kier alpha value is -2.05. The summed E-state index contributed by atoms with van der Waals surface area (Å²) in [5.74, 6) is -2.66. The predicted molar refractivity (Wildman–Crippen MR) is 69.7 cm³/mol. The van der Waals surface area contributed by atoms with E-state index in [1.54, 1.807) is 26.2 Å². The van der Waals surface area contributed by atoms with Crippen molar-refractivity contribution in [2.75, 3.05) is 23.7 Å². The number of nitrogens with two attached hydrogens (primary N) is 1. The Kier molecular flexibility index (Phi) is 2.21. The number of fused-ring (bicyclic) bond motifs is 1. The second-order valence-corrected chi connectivity index (χ2v) is 5.02. The lowest BCUT2D eigenvalue weighted by Crippen LogP contribution is -2.56. The summed E-state index contributed by atoms with van der Waals surface area (Å²) in [4.78, 5) is 13.5. The highest BCUT2D eigenvalue weighted by Gasteiger charge is 2.44. The van der Waals surface area contributed by atoms with Gasteiger partial charge in [0.05, 0.1) is 29.8 Å². The van der Waals surface area contributed by atoms with Gasteiger partial charge in [-0.15, -0.1) is 0 Å². The summed E-state index contributed by atoms with van der Waals surface area (Å²) >= 11 is 0. The summed E-state index contributed by atoms with van der Waals surface area (Å²) in [6, 6.07) is 3.31. The number of halogens is 2. The number of nitrogens with zero attached hydrogens (tertiary/aromatic N) is 3. The molecule has 2 aromatic rings. The second-order valence-electron chi connectivity index (χ2n) is 5.02. The van der Waals surface area contributed by atoms with Crippen molar-refractivity contribution >= 4 is 22.4 Å². The number of hydrogen-bond donors (Lipinski definition) is 1. The van der Waals surface area contributed by atoms with Gasteiger partial charge in [0.1, 0.15) is 0 Å². The predicted octanol–water partition coefficient (Wildman–Crippen LogP) is 0.914. The van der Waals surface area contributed by atoms with Crippen LogP contribution in [0.5, 0.6) is 0 Å². The van der Waals surface area contributed by atoms with E-state index in [4.69, 9.17) is 5.73 Å². The number of nitrogen functional groups attached to an aromatic ring is 1. The molecule has 1 fully saturated rings.